The predicted octanol–water partition coefficient (Wildman–Crippen LogP) is 1.72. The van der Waals surface area contributed by atoms with Crippen molar-refractivity contribution in [3.8, 4) is 5.75 Å². The molecule has 150 valence electrons. The zero-order chi connectivity index (χ0) is 19.0. The normalized spacial score (nSPS) is 32.0. The number of fused-ring (bicyclic) bond motifs is 1. The Balaban J connectivity index is 1.47. The number of alkyl halides is 2. The number of sulfone groups is 1. The van der Waals surface area contributed by atoms with E-state index < -0.39 is 21.8 Å². The predicted molar refractivity (Wildman–Crippen MR) is 94.4 cm³/mol. The van der Waals surface area contributed by atoms with E-state index >= 15 is 0 Å². The number of ether oxygens (including phenoxy) is 2. The number of hydrogen-bond donors (Lipinski definition) is 1. The molecule has 0 radical (unpaired) electrons. The van der Waals surface area contributed by atoms with Gasteiger partial charge in [0.25, 0.3) is 0 Å². The Hall–Kier alpha value is -1.29. The van der Waals surface area contributed by atoms with Gasteiger partial charge in [0.05, 0.1) is 18.1 Å². The fraction of sp³-hybridized carbons (Fsp3) is 0.667. The van der Waals surface area contributed by atoms with Crippen molar-refractivity contribution in [2.75, 3.05) is 32.8 Å². The summed E-state index contributed by atoms with van der Waals surface area (Å²) in [4.78, 5) is 2.55. The molecule has 2 aliphatic heterocycles. The molecule has 1 aliphatic carbocycles. The van der Waals surface area contributed by atoms with E-state index in [0.717, 1.165) is 39.1 Å². The monoisotopic (exact) mass is 402 g/mol. The molecule has 9 heteroatoms. The van der Waals surface area contributed by atoms with Crippen molar-refractivity contribution in [3.05, 3.63) is 24.3 Å². The highest BCUT2D eigenvalue weighted by Crippen LogP contribution is 2.43. The largest absolute Gasteiger partial charge is 0.435 e. The van der Waals surface area contributed by atoms with Crippen molar-refractivity contribution < 1.29 is 26.7 Å². The van der Waals surface area contributed by atoms with Crippen LogP contribution in [0.3, 0.4) is 0 Å². The summed E-state index contributed by atoms with van der Waals surface area (Å²) in [5.41, 5.74) is 0. The Bertz CT molecular complexity index is 753. The second-order valence-electron chi connectivity index (χ2n) is 7.42. The van der Waals surface area contributed by atoms with Crippen LogP contribution in [0.4, 0.5) is 8.78 Å². The molecule has 0 amide bonds. The number of halogens is 2. The van der Waals surface area contributed by atoms with Crippen LogP contribution in [0.15, 0.2) is 29.2 Å². The highest BCUT2D eigenvalue weighted by Gasteiger charge is 2.49. The average molecular weight is 402 g/mol. The van der Waals surface area contributed by atoms with E-state index in [1.165, 1.54) is 24.3 Å². The van der Waals surface area contributed by atoms with E-state index in [-0.39, 0.29) is 16.6 Å². The van der Waals surface area contributed by atoms with Gasteiger partial charge in [0.15, 0.2) is 9.84 Å². The minimum absolute atomic E-state index is 0.0468. The first-order chi connectivity index (χ1) is 12.9. The van der Waals surface area contributed by atoms with Gasteiger partial charge in [-0.05, 0) is 55.5 Å². The summed E-state index contributed by atoms with van der Waals surface area (Å²) in [6.45, 7) is 1.04. The van der Waals surface area contributed by atoms with Crippen LogP contribution in [-0.4, -0.2) is 64.2 Å². The lowest BCUT2D eigenvalue weighted by Gasteiger charge is -2.33. The Morgan fingerprint density at radius 1 is 1.15 bits per heavy atom. The van der Waals surface area contributed by atoms with Gasteiger partial charge in [-0.1, -0.05) is 0 Å². The summed E-state index contributed by atoms with van der Waals surface area (Å²) in [5, 5.41) is 2.56. The Kier molecular flexibility index (Phi) is 5.37. The molecule has 2 heterocycles. The van der Waals surface area contributed by atoms with Crippen molar-refractivity contribution >= 4 is 9.84 Å². The lowest BCUT2D eigenvalue weighted by atomic mass is 10.0. The summed E-state index contributed by atoms with van der Waals surface area (Å²) in [5.74, 6) is 0.369. The molecule has 1 aromatic carbocycles. The molecule has 0 spiro atoms. The summed E-state index contributed by atoms with van der Waals surface area (Å²) >= 11 is 0. The van der Waals surface area contributed by atoms with E-state index in [1.54, 1.807) is 0 Å². The zero-order valence-corrected chi connectivity index (χ0v) is 15.7. The molecule has 0 aromatic heterocycles. The molecule has 3 aliphatic rings. The van der Waals surface area contributed by atoms with Gasteiger partial charge in [0.2, 0.25) is 0 Å². The number of rotatable bonds is 5. The third kappa shape index (κ3) is 3.83. The maximum atomic E-state index is 13.1. The Labute approximate surface area is 157 Å². The van der Waals surface area contributed by atoms with Crippen LogP contribution < -0.4 is 10.1 Å². The fourth-order valence-electron chi connectivity index (χ4n) is 4.69. The van der Waals surface area contributed by atoms with E-state index in [9.17, 15) is 17.2 Å². The first-order valence-corrected chi connectivity index (χ1v) is 10.8. The number of hydrogen-bond acceptors (Lipinski definition) is 6. The van der Waals surface area contributed by atoms with Crippen molar-refractivity contribution in [2.45, 2.75) is 35.8 Å². The van der Waals surface area contributed by atoms with Gasteiger partial charge in [-0.2, -0.15) is 8.78 Å². The van der Waals surface area contributed by atoms with Gasteiger partial charge in [0, 0.05) is 19.1 Å². The minimum Gasteiger partial charge on any atom is -0.435 e. The van der Waals surface area contributed by atoms with Crippen molar-refractivity contribution in [3.63, 3.8) is 0 Å². The van der Waals surface area contributed by atoms with Gasteiger partial charge in [-0.15, -0.1) is 0 Å². The maximum Gasteiger partial charge on any atom is 0.387 e. The Morgan fingerprint density at radius 3 is 2.52 bits per heavy atom. The van der Waals surface area contributed by atoms with Crippen molar-refractivity contribution in [2.24, 2.45) is 11.8 Å². The highest BCUT2D eigenvalue weighted by molar-refractivity contribution is 7.92. The molecule has 1 aromatic rings. The zero-order valence-electron chi connectivity index (χ0n) is 14.9. The molecular weight excluding hydrogens is 378 g/mol. The maximum absolute atomic E-state index is 13.1. The van der Waals surface area contributed by atoms with Gasteiger partial charge in [-0.3, -0.25) is 4.90 Å². The van der Waals surface area contributed by atoms with Crippen LogP contribution in [0.1, 0.15) is 12.8 Å². The molecule has 3 fully saturated rings. The van der Waals surface area contributed by atoms with Crippen LogP contribution in [0.5, 0.6) is 5.75 Å². The molecule has 0 unspecified atom stereocenters. The summed E-state index contributed by atoms with van der Waals surface area (Å²) < 4.78 is 60.5. The number of benzene rings is 1. The number of nitrogens with one attached hydrogen (secondary N) is 1. The van der Waals surface area contributed by atoms with Gasteiger partial charge in [0.1, 0.15) is 11.1 Å². The quantitative estimate of drug-likeness (QED) is 0.809. The third-order valence-electron chi connectivity index (χ3n) is 5.97. The fourth-order valence-corrected chi connectivity index (χ4v) is 6.61. The lowest BCUT2D eigenvalue weighted by molar-refractivity contribution is -0.0498. The first-order valence-electron chi connectivity index (χ1n) is 9.29. The number of morpholine rings is 1. The molecule has 4 rings (SSSR count). The second-order valence-corrected chi connectivity index (χ2v) is 9.49. The molecule has 6 nitrogen and oxygen atoms in total. The van der Waals surface area contributed by atoms with Crippen LogP contribution in [0.2, 0.25) is 0 Å². The van der Waals surface area contributed by atoms with Crippen molar-refractivity contribution in [1.29, 1.82) is 0 Å². The molecule has 1 saturated carbocycles. The smallest absolute Gasteiger partial charge is 0.387 e. The van der Waals surface area contributed by atoms with Crippen LogP contribution in [0, 0.1) is 11.8 Å². The molecular formula is C18H24F2N2O4S. The van der Waals surface area contributed by atoms with Crippen LogP contribution in [0.25, 0.3) is 0 Å². The number of nitrogens with zero attached hydrogens (tertiary/aromatic N) is 1. The van der Waals surface area contributed by atoms with E-state index in [2.05, 4.69) is 15.0 Å². The molecule has 4 atom stereocenters. The topological polar surface area (TPSA) is 67.9 Å². The summed E-state index contributed by atoms with van der Waals surface area (Å²) in [6.07, 6.45) is 1.86. The molecule has 0 bridgehead atoms. The highest BCUT2D eigenvalue weighted by atomic mass is 32.2. The third-order valence-corrected chi connectivity index (χ3v) is 8.08. The standard InChI is InChI=1S/C18H24F2N2O4S/c19-18(20)26-14-1-3-15(4-2-14)27(23,24)17-16-10-13(9-12(16)11-21-17)22-5-7-25-8-6-22/h1-4,12-13,16-18,21H,5-11H2/t12-,13+,16+,17+/m0/s1. The molecule has 27 heavy (non-hydrogen) atoms. The minimum atomic E-state index is -3.59. The molecule has 1 N–H and O–H groups in total. The van der Waals surface area contributed by atoms with Gasteiger partial charge >= 0.3 is 6.61 Å². The summed E-state index contributed by atoms with van der Waals surface area (Å²) in [6, 6.07) is 5.64. The SMILES string of the molecule is O=S(=O)(c1ccc(OC(F)F)cc1)[C@H]1NC[C@@H]2C[C@@H](N3CCOCC3)C[C@H]21. The van der Waals surface area contributed by atoms with Crippen LogP contribution >= 0.6 is 0 Å². The van der Waals surface area contributed by atoms with Gasteiger partial charge < -0.3 is 14.8 Å². The Morgan fingerprint density at radius 2 is 1.85 bits per heavy atom. The van der Waals surface area contributed by atoms with Crippen LogP contribution in [-0.2, 0) is 14.6 Å². The van der Waals surface area contributed by atoms with E-state index in [4.69, 9.17) is 4.74 Å². The molecule has 2 saturated heterocycles. The van der Waals surface area contributed by atoms with Crippen molar-refractivity contribution in [1.82, 2.24) is 10.2 Å². The van der Waals surface area contributed by atoms with E-state index in [1.807, 2.05) is 0 Å². The lowest BCUT2D eigenvalue weighted by Crippen LogP contribution is -2.44. The first kappa shape index (κ1) is 19.0. The van der Waals surface area contributed by atoms with E-state index in [0.29, 0.717) is 18.5 Å². The average Bonchev–Trinajstić information content (AvgIpc) is 3.23. The van der Waals surface area contributed by atoms with Gasteiger partial charge in [-0.25, -0.2) is 8.42 Å². The summed E-state index contributed by atoms with van der Waals surface area (Å²) in [7, 11) is -3.59. The second kappa shape index (κ2) is 7.62.